The number of nitrogens with zero attached hydrogens (tertiary/aromatic N) is 2. The predicted molar refractivity (Wildman–Crippen MR) is 98.5 cm³/mol. The molecule has 1 aromatic carbocycles. The van der Waals surface area contributed by atoms with Crippen LogP contribution in [-0.2, 0) is 11.2 Å². The molecule has 0 atom stereocenters. The molecule has 0 spiro atoms. The smallest absolute Gasteiger partial charge is 0.338 e. The van der Waals surface area contributed by atoms with Crippen LogP contribution in [0.2, 0.25) is 0 Å². The average molecular weight is 348 g/mol. The molecule has 0 fully saturated rings. The van der Waals surface area contributed by atoms with Gasteiger partial charge in [0.05, 0.1) is 17.6 Å². The summed E-state index contributed by atoms with van der Waals surface area (Å²) in [5.41, 5.74) is 2.33. The number of esters is 1. The van der Waals surface area contributed by atoms with Crippen LogP contribution in [0.1, 0.15) is 66.9 Å². The zero-order valence-corrected chi connectivity index (χ0v) is 15.5. The Bertz CT molecular complexity index is 643. The van der Waals surface area contributed by atoms with E-state index in [0.29, 0.717) is 16.8 Å². The molecule has 0 bridgehead atoms. The molecular weight excluding hydrogens is 320 g/mol. The van der Waals surface area contributed by atoms with Crippen LogP contribution in [0.25, 0.3) is 0 Å². The molecule has 1 aromatic rings. The third kappa shape index (κ3) is 4.30. The molecule has 2 rings (SSSR count). The minimum atomic E-state index is -0.516. The lowest BCUT2D eigenvalue weighted by Crippen LogP contribution is -2.23. The number of carbonyl (C=O) groups excluding carboxylic acids is 1. The number of fused-ring (bicyclic) bond motifs is 1. The third-order valence-electron chi connectivity index (χ3n) is 4.94. The van der Waals surface area contributed by atoms with E-state index >= 15 is 0 Å². The second-order valence-electron chi connectivity index (χ2n) is 6.66. The summed E-state index contributed by atoms with van der Waals surface area (Å²) in [5, 5.41) is 11.7. The Morgan fingerprint density at radius 1 is 1.28 bits per heavy atom. The summed E-state index contributed by atoms with van der Waals surface area (Å²) in [4.78, 5) is 25.3. The van der Waals surface area contributed by atoms with Crippen LogP contribution in [0, 0.1) is 17.0 Å². The highest BCUT2D eigenvalue weighted by Gasteiger charge is 2.33. The van der Waals surface area contributed by atoms with Gasteiger partial charge in [-0.1, -0.05) is 39.0 Å². The summed E-state index contributed by atoms with van der Waals surface area (Å²) in [6, 6.07) is 1.77. The number of hydrogen-bond donors (Lipinski definition) is 0. The van der Waals surface area contributed by atoms with Gasteiger partial charge in [0.2, 0.25) is 0 Å². The van der Waals surface area contributed by atoms with Crippen molar-refractivity contribution in [2.75, 3.05) is 25.1 Å². The van der Waals surface area contributed by atoms with Crippen LogP contribution < -0.4 is 4.90 Å². The minimum Gasteiger partial charge on any atom is -0.465 e. The van der Waals surface area contributed by atoms with Crippen molar-refractivity contribution in [2.45, 2.75) is 58.8 Å². The number of methoxy groups -OCH3 is 1. The summed E-state index contributed by atoms with van der Waals surface area (Å²) in [6.07, 6.45) is 7.90. The number of hydrogen-bond acceptors (Lipinski definition) is 5. The van der Waals surface area contributed by atoms with E-state index in [0.717, 1.165) is 37.9 Å². The predicted octanol–water partition coefficient (Wildman–Crippen LogP) is 4.41. The molecule has 0 saturated heterocycles. The molecule has 6 heteroatoms. The van der Waals surface area contributed by atoms with Gasteiger partial charge < -0.3 is 9.64 Å². The second kappa shape index (κ2) is 8.83. The number of nitro benzene ring substituents is 1. The standard InChI is InChI=1S/C19H28N2O4/c1-4-5-6-7-8-9-11-20-12-10-15-13-16(19(22)25-3)14(2)17(18(15)20)21(23)24/h13H,4-12H2,1-3H3. The highest BCUT2D eigenvalue weighted by molar-refractivity contribution is 5.95. The van der Waals surface area contributed by atoms with Gasteiger partial charge in [0.25, 0.3) is 5.69 Å². The first-order valence-corrected chi connectivity index (χ1v) is 9.15. The van der Waals surface area contributed by atoms with E-state index in [2.05, 4.69) is 11.8 Å². The number of benzene rings is 1. The first-order chi connectivity index (χ1) is 12.0. The lowest BCUT2D eigenvalue weighted by Gasteiger charge is -2.20. The summed E-state index contributed by atoms with van der Waals surface area (Å²) in [7, 11) is 1.30. The minimum absolute atomic E-state index is 0.0568. The van der Waals surface area contributed by atoms with Crippen LogP contribution in [0.3, 0.4) is 0 Å². The molecule has 0 amide bonds. The van der Waals surface area contributed by atoms with Gasteiger partial charge in [-0.05, 0) is 31.4 Å². The molecule has 0 unspecified atom stereocenters. The van der Waals surface area contributed by atoms with Gasteiger partial charge in [0.15, 0.2) is 0 Å². The largest absolute Gasteiger partial charge is 0.465 e. The normalized spacial score (nSPS) is 13.0. The van der Waals surface area contributed by atoms with Gasteiger partial charge in [-0.2, -0.15) is 0 Å². The number of ether oxygens (including phenoxy) is 1. The zero-order chi connectivity index (χ0) is 18.4. The number of anilines is 1. The number of nitro groups is 1. The molecule has 1 aliphatic heterocycles. The molecular formula is C19H28N2O4. The van der Waals surface area contributed by atoms with Gasteiger partial charge in [-0.3, -0.25) is 10.1 Å². The fourth-order valence-electron chi connectivity index (χ4n) is 3.57. The Hall–Kier alpha value is -2.11. The van der Waals surface area contributed by atoms with Crippen molar-refractivity contribution in [1.82, 2.24) is 0 Å². The van der Waals surface area contributed by atoms with Crippen molar-refractivity contribution in [1.29, 1.82) is 0 Å². The monoisotopic (exact) mass is 348 g/mol. The zero-order valence-electron chi connectivity index (χ0n) is 15.5. The first kappa shape index (κ1) is 19.2. The third-order valence-corrected chi connectivity index (χ3v) is 4.94. The number of rotatable bonds is 9. The molecule has 138 valence electrons. The summed E-state index contributed by atoms with van der Waals surface area (Å²) >= 11 is 0. The maximum atomic E-state index is 11.9. The van der Waals surface area contributed by atoms with Gasteiger partial charge in [0, 0.05) is 18.7 Å². The summed E-state index contributed by atoms with van der Waals surface area (Å²) in [6.45, 7) is 5.43. The van der Waals surface area contributed by atoms with Crippen molar-refractivity contribution in [2.24, 2.45) is 0 Å². The van der Waals surface area contributed by atoms with E-state index in [1.54, 1.807) is 13.0 Å². The van der Waals surface area contributed by atoms with Crippen molar-refractivity contribution in [3.63, 3.8) is 0 Å². The van der Waals surface area contributed by atoms with Crippen molar-refractivity contribution < 1.29 is 14.5 Å². The highest BCUT2D eigenvalue weighted by atomic mass is 16.6. The van der Waals surface area contributed by atoms with Crippen LogP contribution in [0.4, 0.5) is 11.4 Å². The fraction of sp³-hybridized carbons (Fsp3) is 0.632. The van der Waals surface area contributed by atoms with Crippen LogP contribution in [0.5, 0.6) is 0 Å². The average Bonchev–Trinajstić information content (AvgIpc) is 2.98. The maximum Gasteiger partial charge on any atom is 0.338 e. The Labute approximate surface area is 149 Å². The van der Waals surface area contributed by atoms with Crippen molar-refractivity contribution in [3.05, 3.63) is 32.9 Å². The summed E-state index contributed by atoms with van der Waals surface area (Å²) < 4.78 is 4.77. The first-order valence-electron chi connectivity index (χ1n) is 9.15. The molecule has 1 aliphatic rings. The fourth-order valence-corrected chi connectivity index (χ4v) is 3.57. The Morgan fingerprint density at radius 2 is 1.96 bits per heavy atom. The van der Waals surface area contributed by atoms with Gasteiger partial charge in [-0.25, -0.2) is 4.79 Å². The molecule has 0 aromatic heterocycles. The second-order valence-corrected chi connectivity index (χ2v) is 6.66. The number of unbranched alkanes of at least 4 members (excludes halogenated alkanes) is 5. The molecule has 0 radical (unpaired) electrons. The molecule has 0 saturated carbocycles. The van der Waals surface area contributed by atoms with Gasteiger partial charge >= 0.3 is 5.97 Å². The van der Waals surface area contributed by atoms with Gasteiger partial charge in [0.1, 0.15) is 5.69 Å². The quantitative estimate of drug-likeness (QED) is 0.286. The molecule has 0 N–H and O–H groups in total. The van der Waals surface area contributed by atoms with E-state index < -0.39 is 5.97 Å². The molecule has 6 nitrogen and oxygen atoms in total. The molecule has 25 heavy (non-hydrogen) atoms. The van der Waals surface area contributed by atoms with Gasteiger partial charge in [-0.15, -0.1) is 0 Å². The lowest BCUT2D eigenvalue weighted by atomic mass is 10.00. The van der Waals surface area contributed by atoms with E-state index in [1.165, 1.54) is 32.8 Å². The van der Waals surface area contributed by atoms with E-state index in [9.17, 15) is 14.9 Å². The number of carbonyl (C=O) groups is 1. The SMILES string of the molecule is CCCCCCCCN1CCc2cc(C(=O)OC)c(C)c([N+](=O)[O-])c21. The highest BCUT2D eigenvalue weighted by Crippen LogP contribution is 2.41. The Kier molecular flexibility index (Phi) is 6.79. The lowest BCUT2D eigenvalue weighted by molar-refractivity contribution is -0.384. The van der Waals surface area contributed by atoms with E-state index in [1.807, 2.05) is 0 Å². The topological polar surface area (TPSA) is 72.7 Å². The molecule has 0 aliphatic carbocycles. The van der Waals surface area contributed by atoms with E-state index in [4.69, 9.17) is 4.74 Å². The maximum absolute atomic E-state index is 11.9. The Balaban J connectivity index is 2.18. The van der Waals surface area contributed by atoms with E-state index in [-0.39, 0.29) is 10.6 Å². The summed E-state index contributed by atoms with van der Waals surface area (Å²) in [5.74, 6) is -0.516. The van der Waals surface area contributed by atoms with Crippen molar-refractivity contribution in [3.8, 4) is 0 Å². The Morgan fingerprint density at radius 3 is 2.60 bits per heavy atom. The van der Waals surface area contributed by atoms with Crippen LogP contribution >= 0.6 is 0 Å². The van der Waals surface area contributed by atoms with Crippen LogP contribution in [0.15, 0.2) is 6.07 Å². The van der Waals surface area contributed by atoms with Crippen LogP contribution in [-0.4, -0.2) is 31.1 Å². The van der Waals surface area contributed by atoms with Crippen molar-refractivity contribution >= 4 is 17.3 Å². The molecule has 1 heterocycles.